The van der Waals surface area contributed by atoms with Crippen molar-refractivity contribution in [3.05, 3.63) is 12.2 Å². The minimum absolute atomic E-state index is 0.232. The number of hydrogen-bond donors (Lipinski definition) is 0. The molecule has 0 spiro atoms. The molecule has 2 nitrogen and oxygen atoms in total. The number of rotatable bonds is 3. The Labute approximate surface area is 74.2 Å². The highest BCUT2D eigenvalue weighted by Gasteiger charge is 2.17. The number of allylic oxidation sites excluding steroid dienone is 1. The fourth-order valence-corrected chi connectivity index (χ4v) is 1.52. The van der Waals surface area contributed by atoms with E-state index in [-0.39, 0.29) is 5.78 Å². The van der Waals surface area contributed by atoms with Crippen LogP contribution in [0.4, 0.5) is 0 Å². The van der Waals surface area contributed by atoms with Crippen LogP contribution in [0, 0.1) is 0 Å². The van der Waals surface area contributed by atoms with Crippen molar-refractivity contribution in [1.29, 1.82) is 0 Å². The number of carbonyl (C=O) groups is 1. The topological polar surface area (TPSA) is 20.3 Å². The molecule has 68 valence electrons. The fraction of sp³-hybridized carbons (Fsp3) is 0.700. The van der Waals surface area contributed by atoms with Gasteiger partial charge < -0.3 is 0 Å². The average molecular weight is 167 g/mol. The maximum Gasteiger partial charge on any atom is 0.155 e. The van der Waals surface area contributed by atoms with E-state index in [2.05, 4.69) is 11.9 Å². The van der Waals surface area contributed by atoms with E-state index < -0.39 is 0 Å². The normalized spacial score (nSPS) is 25.3. The van der Waals surface area contributed by atoms with Crippen LogP contribution in [0.15, 0.2) is 12.2 Å². The zero-order valence-corrected chi connectivity index (χ0v) is 7.92. The lowest BCUT2D eigenvalue weighted by Gasteiger charge is -2.14. The summed E-state index contributed by atoms with van der Waals surface area (Å²) >= 11 is 0. The van der Waals surface area contributed by atoms with Crippen molar-refractivity contribution in [2.75, 3.05) is 13.6 Å². The van der Waals surface area contributed by atoms with Crippen molar-refractivity contribution in [2.45, 2.75) is 32.2 Å². The van der Waals surface area contributed by atoms with E-state index in [0.29, 0.717) is 12.5 Å². The molecule has 0 saturated carbocycles. The third-order valence-corrected chi connectivity index (χ3v) is 2.43. The summed E-state index contributed by atoms with van der Waals surface area (Å²) < 4.78 is 0. The van der Waals surface area contributed by atoms with Gasteiger partial charge in [0.15, 0.2) is 5.78 Å². The van der Waals surface area contributed by atoms with Crippen LogP contribution in [0.2, 0.25) is 0 Å². The van der Waals surface area contributed by atoms with E-state index in [1.165, 1.54) is 12.8 Å². The Morgan fingerprint density at radius 1 is 1.67 bits per heavy atom. The van der Waals surface area contributed by atoms with Crippen LogP contribution in [0.1, 0.15) is 26.2 Å². The van der Waals surface area contributed by atoms with Crippen LogP contribution >= 0.6 is 0 Å². The minimum Gasteiger partial charge on any atom is -0.300 e. The predicted molar refractivity (Wildman–Crippen MR) is 50.1 cm³/mol. The first-order valence-corrected chi connectivity index (χ1v) is 4.65. The van der Waals surface area contributed by atoms with Crippen LogP contribution in [0.3, 0.4) is 0 Å². The van der Waals surface area contributed by atoms with E-state index in [1.54, 1.807) is 6.08 Å². The molecule has 1 atom stereocenters. The van der Waals surface area contributed by atoms with E-state index in [0.717, 1.165) is 6.54 Å². The van der Waals surface area contributed by atoms with Gasteiger partial charge in [0.2, 0.25) is 0 Å². The Hall–Kier alpha value is -0.630. The molecule has 0 aromatic rings. The monoisotopic (exact) mass is 167 g/mol. The van der Waals surface area contributed by atoms with E-state index in [4.69, 9.17) is 0 Å². The summed E-state index contributed by atoms with van der Waals surface area (Å²) in [5, 5.41) is 0. The third kappa shape index (κ3) is 2.45. The van der Waals surface area contributed by atoms with Gasteiger partial charge in [-0.25, -0.2) is 0 Å². The summed E-state index contributed by atoms with van der Waals surface area (Å²) in [5.74, 6) is 0.232. The van der Waals surface area contributed by atoms with Crippen LogP contribution in [-0.2, 0) is 4.79 Å². The molecule has 1 rings (SSSR count). The number of nitrogens with zero attached hydrogens (tertiary/aromatic N) is 1. The first-order chi connectivity index (χ1) is 5.74. The zero-order valence-electron chi connectivity index (χ0n) is 7.92. The lowest BCUT2D eigenvalue weighted by Crippen LogP contribution is -2.22. The molecule has 0 aromatic heterocycles. The summed E-state index contributed by atoms with van der Waals surface area (Å²) in [5.41, 5.74) is 0. The quantitative estimate of drug-likeness (QED) is 0.595. The van der Waals surface area contributed by atoms with Crippen molar-refractivity contribution in [2.24, 2.45) is 0 Å². The van der Waals surface area contributed by atoms with Crippen molar-refractivity contribution < 1.29 is 4.79 Å². The predicted octanol–water partition coefficient (Wildman–Crippen LogP) is 1.62. The smallest absolute Gasteiger partial charge is 0.155 e. The Morgan fingerprint density at radius 3 is 2.92 bits per heavy atom. The van der Waals surface area contributed by atoms with Crippen LogP contribution in [-0.4, -0.2) is 30.3 Å². The van der Waals surface area contributed by atoms with Crippen molar-refractivity contribution in [3.8, 4) is 0 Å². The van der Waals surface area contributed by atoms with Gasteiger partial charge in [0.25, 0.3) is 0 Å². The van der Waals surface area contributed by atoms with Gasteiger partial charge in [0.1, 0.15) is 0 Å². The van der Waals surface area contributed by atoms with Crippen molar-refractivity contribution >= 4 is 5.78 Å². The van der Waals surface area contributed by atoms with Gasteiger partial charge >= 0.3 is 0 Å². The van der Waals surface area contributed by atoms with Gasteiger partial charge in [-0.1, -0.05) is 13.0 Å². The molecule has 0 amide bonds. The largest absolute Gasteiger partial charge is 0.300 e. The second-order valence-corrected chi connectivity index (χ2v) is 3.37. The van der Waals surface area contributed by atoms with Crippen LogP contribution in [0.25, 0.3) is 0 Å². The SMILES string of the molecule is CCC(=O)/C=C/C1CCCN1C. The van der Waals surface area contributed by atoms with Gasteiger partial charge in [-0.15, -0.1) is 0 Å². The molecule has 0 aromatic carbocycles. The number of likely N-dealkylation sites (N-methyl/N-ethyl adjacent to an activating group) is 1. The van der Waals surface area contributed by atoms with Gasteiger partial charge in [-0.2, -0.15) is 0 Å². The van der Waals surface area contributed by atoms with Gasteiger partial charge in [-0.05, 0) is 32.5 Å². The number of carbonyl (C=O) groups excluding carboxylic acids is 1. The summed E-state index contributed by atoms with van der Waals surface area (Å²) in [6.45, 7) is 3.06. The van der Waals surface area contributed by atoms with Crippen LogP contribution < -0.4 is 0 Å². The molecule has 0 N–H and O–H groups in total. The van der Waals surface area contributed by atoms with E-state index >= 15 is 0 Å². The molecule has 1 heterocycles. The molecule has 0 aliphatic carbocycles. The Kier molecular flexibility index (Phi) is 3.48. The van der Waals surface area contributed by atoms with Crippen LogP contribution in [0.5, 0.6) is 0 Å². The summed E-state index contributed by atoms with van der Waals surface area (Å²) in [6.07, 6.45) is 6.84. The van der Waals surface area contributed by atoms with Gasteiger partial charge in [-0.3, -0.25) is 9.69 Å². The standard InChI is InChI=1S/C10H17NO/c1-3-10(12)7-6-9-5-4-8-11(9)2/h6-7,9H,3-5,8H2,1-2H3/b7-6+. The first-order valence-electron chi connectivity index (χ1n) is 4.65. The van der Waals surface area contributed by atoms with Crippen molar-refractivity contribution in [1.82, 2.24) is 4.90 Å². The molecule has 12 heavy (non-hydrogen) atoms. The second-order valence-electron chi connectivity index (χ2n) is 3.37. The molecule has 1 saturated heterocycles. The van der Waals surface area contributed by atoms with Gasteiger partial charge in [0.05, 0.1) is 0 Å². The van der Waals surface area contributed by atoms with E-state index in [9.17, 15) is 4.79 Å². The number of hydrogen-bond acceptors (Lipinski definition) is 2. The molecular weight excluding hydrogens is 150 g/mol. The molecular formula is C10H17NO. The molecule has 0 bridgehead atoms. The molecule has 0 radical (unpaired) electrons. The maximum atomic E-state index is 11.0. The third-order valence-electron chi connectivity index (χ3n) is 2.43. The highest BCUT2D eigenvalue weighted by Crippen LogP contribution is 2.15. The summed E-state index contributed by atoms with van der Waals surface area (Å²) in [7, 11) is 2.11. The molecule has 1 fully saturated rings. The Balaban J connectivity index is 2.39. The summed E-state index contributed by atoms with van der Waals surface area (Å²) in [6, 6.07) is 0.500. The van der Waals surface area contributed by atoms with E-state index in [1.807, 2.05) is 13.0 Å². The van der Waals surface area contributed by atoms with Gasteiger partial charge in [0, 0.05) is 12.5 Å². The lowest BCUT2D eigenvalue weighted by atomic mass is 10.2. The number of ketones is 1. The zero-order chi connectivity index (χ0) is 8.97. The maximum absolute atomic E-state index is 11.0. The molecule has 1 aliphatic heterocycles. The Morgan fingerprint density at radius 2 is 2.42 bits per heavy atom. The highest BCUT2D eigenvalue weighted by atomic mass is 16.1. The molecule has 1 aliphatic rings. The minimum atomic E-state index is 0.232. The average Bonchev–Trinajstić information content (AvgIpc) is 2.47. The summed E-state index contributed by atoms with van der Waals surface area (Å²) in [4.78, 5) is 13.3. The highest BCUT2D eigenvalue weighted by molar-refractivity contribution is 5.89. The number of likely N-dealkylation sites (tertiary alicyclic amines) is 1. The lowest BCUT2D eigenvalue weighted by molar-refractivity contribution is -0.114. The first kappa shape index (κ1) is 9.46. The molecule has 2 heteroatoms. The molecule has 1 unspecified atom stereocenters. The second kappa shape index (κ2) is 4.41. The van der Waals surface area contributed by atoms with Crippen molar-refractivity contribution in [3.63, 3.8) is 0 Å². The fourth-order valence-electron chi connectivity index (χ4n) is 1.52. The Bertz CT molecular complexity index is 186.